The van der Waals surface area contributed by atoms with Crippen molar-refractivity contribution in [3.05, 3.63) is 64.4 Å². The summed E-state index contributed by atoms with van der Waals surface area (Å²) in [6.45, 7) is 4.30. The molecule has 2 aromatic carbocycles. The zero-order valence-electron chi connectivity index (χ0n) is 15.4. The van der Waals surface area contributed by atoms with Gasteiger partial charge in [-0.2, -0.15) is 0 Å². The Morgan fingerprint density at radius 3 is 2.54 bits per heavy atom. The van der Waals surface area contributed by atoms with E-state index in [1.807, 2.05) is 43.3 Å². The number of anilines is 1. The van der Waals surface area contributed by atoms with Gasteiger partial charge in [0.25, 0.3) is 5.91 Å². The number of halogens is 1. The van der Waals surface area contributed by atoms with Crippen LogP contribution in [0.2, 0.25) is 0 Å². The molecule has 144 valence electrons. The number of hydrogen-bond donors (Lipinski definition) is 1. The highest BCUT2D eigenvalue weighted by atomic mass is 79.9. The molecule has 1 aliphatic heterocycles. The van der Waals surface area contributed by atoms with Crippen molar-refractivity contribution in [2.45, 2.75) is 6.92 Å². The number of piperazine rings is 1. The molecule has 0 spiro atoms. The van der Waals surface area contributed by atoms with Gasteiger partial charge in [0.05, 0.1) is 17.1 Å². The molecule has 1 aliphatic rings. The maximum atomic E-state index is 13.0. The van der Waals surface area contributed by atoms with Crippen LogP contribution < -0.4 is 4.90 Å². The molecular formula is C20H20BrN5O2. The molecule has 8 heteroatoms. The van der Waals surface area contributed by atoms with Crippen LogP contribution in [0, 0.1) is 6.92 Å². The number of benzene rings is 2. The molecule has 0 bridgehead atoms. The summed E-state index contributed by atoms with van der Waals surface area (Å²) < 4.78 is 2.61. The zero-order valence-corrected chi connectivity index (χ0v) is 17.0. The standard InChI is InChI=1S/C20H20BrN5O2/c1-14-19(22-23-26(14)16-6-4-5-15(21)13-16)20(28)25-11-9-24(10-12-25)17-7-2-3-8-18(17)27/h2-8,13,27H,9-12H2,1H3. The average Bonchev–Trinajstić information content (AvgIpc) is 3.09. The Morgan fingerprint density at radius 2 is 1.82 bits per heavy atom. The number of nitrogens with zero attached hydrogens (tertiary/aromatic N) is 5. The number of carbonyl (C=O) groups is 1. The Kier molecular flexibility index (Phi) is 5.04. The fraction of sp³-hybridized carbons (Fsp3) is 0.250. The first-order chi connectivity index (χ1) is 13.5. The number of amides is 1. The lowest BCUT2D eigenvalue weighted by atomic mass is 10.2. The highest BCUT2D eigenvalue weighted by Gasteiger charge is 2.27. The molecule has 3 aromatic rings. The van der Waals surface area contributed by atoms with Gasteiger partial charge in [-0.3, -0.25) is 4.79 Å². The van der Waals surface area contributed by atoms with E-state index in [1.165, 1.54) is 0 Å². The second-order valence-corrected chi connectivity index (χ2v) is 7.60. The second kappa shape index (κ2) is 7.63. The van der Waals surface area contributed by atoms with Gasteiger partial charge < -0.3 is 14.9 Å². The Bertz CT molecular complexity index is 1010. The third-order valence-corrected chi connectivity index (χ3v) is 5.43. The number of carbonyl (C=O) groups excluding carboxylic acids is 1. The molecule has 1 saturated heterocycles. The van der Waals surface area contributed by atoms with Crippen molar-refractivity contribution in [2.24, 2.45) is 0 Å². The molecule has 2 heterocycles. The number of aromatic hydroxyl groups is 1. The van der Waals surface area contributed by atoms with Gasteiger partial charge in [-0.15, -0.1) is 5.10 Å². The Labute approximate surface area is 171 Å². The highest BCUT2D eigenvalue weighted by Crippen LogP contribution is 2.27. The van der Waals surface area contributed by atoms with E-state index in [2.05, 4.69) is 31.1 Å². The van der Waals surface area contributed by atoms with Crippen molar-refractivity contribution in [3.8, 4) is 11.4 Å². The van der Waals surface area contributed by atoms with E-state index >= 15 is 0 Å². The predicted octanol–water partition coefficient (Wildman–Crippen LogP) is 3.01. The van der Waals surface area contributed by atoms with Gasteiger partial charge in [-0.1, -0.05) is 39.3 Å². The van der Waals surface area contributed by atoms with Crippen molar-refractivity contribution >= 4 is 27.5 Å². The monoisotopic (exact) mass is 441 g/mol. The van der Waals surface area contributed by atoms with E-state index in [1.54, 1.807) is 21.7 Å². The Morgan fingerprint density at radius 1 is 1.07 bits per heavy atom. The molecule has 0 atom stereocenters. The summed E-state index contributed by atoms with van der Waals surface area (Å²) in [6, 6.07) is 15.0. The molecule has 4 rings (SSSR count). The normalized spacial score (nSPS) is 14.4. The van der Waals surface area contributed by atoms with E-state index < -0.39 is 0 Å². The van der Waals surface area contributed by atoms with Gasteiger partial charge >= 0.3 is 0 Å². The van der Waals surface area contributed by atoms with Gasteiger partial charge in [-0.25, -0.2) is 4.68 Å². The molecule has 1 N–H and O–H groups in total. The molecular weight excluding hydrogens is 422 g/mol. The smallest absolute Gasteiger partial charge is 0.276 e. The minimum absolute atomic E-state index is 0.115. The third-order valence-electron chi connectivity index (χ3n) is 4.94. The molecule has 28 heavy (non-hydrogen) atoms. The van der Waals surface area contributed by atoms with E-state index in [-0.39, 0.29) is 11.7 Å². The molecule has 1 aromatic heterocycles. The van der Waals surface area contributed by atoms with E-state index in [0.29, 0.717) is 37.6 Å². The summed E-state index contributed by atoms with van der Waals surface area (Å²) in [7, 11) is 0. The second-order valence-electron chi connectivity index (χ2n) is 6.68. The Balaban J connectivity index is 1.48. The van der Waals surface area contributed by atoms with Crippen LogP contribution in [0.5, 0.6) is 5.75 Å². The summed E-state index contributed by atoms with van der Waals surface area (Å²) in [4.78, 5) is 16.9. The van der Waals surface area contributed by atoms with Gasteiger partial charge in [-0.05, 0) is 37.3 Å². The Hall–Kier alpha value is -2.87. The number of para-hydroxylation sites is 2. The topological polar surface area (TPSA) is 74.5 Å². The minimum atomic E-state index is -0.115. The fourth-order valence-electron chi connectivity index (χ4n) is 3.41. The lowest BCUT2D eigenvalue weighted by Gasteiger charge is -2.36. The maximum Gasteiger partial charge on any atom is 0.276 e. The van der Waals surface area contributed by atoms with Crippen LogP contribution in [0.4, 0.5) is 5.69 Å². The van der Waals surface area contributed by atoms with Crippen molar-refractivity contribution < 1.29 is 9.90 Å². The van der Waals surface area contributed by atoms with Crippen LogP contribution in [0.3, 0.4) is 0 Å². The lowest BCUT2D eigenvalue weighted by molar-refractivity contribution is 0.0740. The van der Waals surface area contributed by atoms with Crippen molar-refractivity contribution in [1.29, 1.82) is 0 Å². The fourth-order valence-corrected chi connectivity index (χ4v) is 3.80. The SMILES string of the molecule is Cc1c(C(=O)N2CCN(c3ccccc3O)CC2)nnn1-c1cccc(Br)c1. The summed E-state index contributed by atoms with van der Waals surface area (Å²) in [5.74, 6) is 0.144. The van der Waals surface area contributed by atoms with Gasteiger partial charge in [0.2, 0.25) is 0 Å². The van der Waals surface area contributed by atoms with Crippen LogP contribution in [-0.2, 0) is 0 Å². The molecule has 0 saturated carbocycles. The number of phenolic OH excluding ortho intramolecular Hbond substituents is 1. The summed E-state index contributed by atoms with van der Waals surface area (Å²) >= 11 is 3.45. The van der Waals surface area contributed by atoms with Crippen LogP contribution in [0.1, 0.15) is 16.2 Å². The zero-order chi connectivity index (χ0) is 19.7. The summed E-state index contributed by atoms with van der Waals surface area (Å²) in [5.41, 5.74) is 2.73. The lowest BCUT2D eigenvalue weighted by Crippen LogP contribution is -2.49. The first-order valence-electron chi connectivity index (χ1n) is 9.05. The molecule has 7 nitrogen and oxygen atoms in total. The van der Waals surface area contributed by atoms with Crippen molar-refractivity contribution in [1.82, 2.24) is 19.9 Å². The van der Waals surface area contributed by atoms with Gasteiger partial charge in [0.15, 0.2) is 5.69 Å². The van der Waals surface area contributed by atoms with Crippen LogP contribution in [0.25, 0.3) is 5.69 Å². The quantitative estimate of drug-likeness (QED) is 0.675. The van der Waals surface area contributed by atoms with E-state index in [0.717, 1.165) is 15.8 Å². The summed E-state index contributed by atoms with van der Waals surface area (Å²) in [6.07, 6.45) is 0. The molecule has 0 aliphatic carbocycles. The van der Waals surface area contributed by atoms with Gasteiger partial charge in [0, 0.05) is 30.7 Å². The van der Waals surface area contributed by atoms with Crippen molar-refractivity contribution in [2.75, 3.05) is 31.1 Å². The van der Waals surface area contributed by atoms with Gasteiger partial charge in [0.1, 0.15) is 5.75 Å². The summed E-state index contributed by atoms with van der Waals surface area (Å²) in [5, 5.41) is 18.3. The molecule has 1 fully saturated rings. The maximum absolute atomic E-state index is 13.0. The minimum Gasteiger partial charge on any atom is -0.506 e. The van der Waals surface area contributed by atoms with Crippen LogP contribution in [0.15, 0.2) is 53.0 Å². The molecule has 0 unspecified atom stereocenters. The number of aromatic nitrogens is 3. The predicted molar refractivity (Wildman–Crippen MR) is 110 cm³/mol. The number of hydrogen-bond acceptors (Lipinski definition) is 5. The van der Waals surface area contributed by atoms with Crippen molar-refractivity contribution in [3.63, 3.8) is 0 Å². The number of phenols is 1. The van der Waals surface area contributed by atoms with E-state index in [9.17, 15) is 9.90 Å². The largest absolute Gasteiger partial charge is 0.506 e. The number of rotatable bonds is 3. The molecule has 1 amide bonds. The average molecular weight is 442 g/mol. The highest BCUT2D eigenvalue weighted by molar-refractivity contribution is 9.10. The first-order valence-corrected chi connectivity index (χ1v) is 9.84. The van der Waals surface area contributed by atoms with E-state index in [4.69, 9.17) is 0 Å². The first kappa shape index (κ1) is 18.5. The van der Waals surface area contributed by atoms with Crippen LogP contribution >= 0.6 is 15.9 Å². The van der Waals surface area contributed by atoms with Crippen LogP contribution in [-0.4, -0.2) is 57.1 Å². The third kappa shape index (κ3) is 3.47. The molecule has 0 radical (unpaired) electrons.